The van der Waals surface area contributed by atoms with Crippen molar-refractivity contribution in [2.75, 3.05) is 20.0 Å². The van der Waals surface area contributed by atoms with Gasteiger partial charge in [-0.15, -0.1) is 11.8 Å². The van der Waals surface area contributed by atoms with E-state index in [2.05, 4.69) is 36.3 Å². The zero-order valence-electron chi connectivity index (χ0n) is 12.5. The Morgan fingerprint density at radius 3 is 2.24 bits per heavy atom. The SMILES string of the molecule is CO/N=C(/CSc1ccc(C)cc1)c1ccc(OC)cc1. The van der Waals surface area contributed by atoms with Crippen LogP contribution in [0.5, 0.6) is 5.75 Å². The van der Waals surface area contributed by atoms with Crippen molar-refractivity contribution >= 4 is 17.5 Å². The van der Waals surface area contributed by atoms with Crippen molar-refractivity contribution < 1.29 is 9.57 Å². The van der Waals surface area contributed by atoms with Crippen molar-refractivity contribution in [3.8, 4) is 5.75 Å². The second kappa shape index (κ2) is 7.74. The summed E-state index contributed by atoms with van der Waals surface area (Å²) in [5.41, 5.74) is 3.21. The Bertz CT molecular complexity index is 591. The van der Waals surface area contributed by atoms with E-state index in [1.165, 1.54) is 10.5 Å². The first-order chi connectivity index (χ1) is 10.2. The quantitative estimate of drug-likeness (QED) is 0.456. The summed E-state index contributed by atoms with van der Waals surface area (Å²) in [5, 5.41) is 4.14. The molecular formula is C17H19NO2S. The second-order valence-corrected chi connectivity index (χ2v) is 5.60. The third-order valence-corrected chi connectivity index (χ3v) is 4.04. The topological polar surface area (TPSA) is 30.8 Å². The molecule has 0 amide bonds. The molecule has 0 aliphatic heterocycles. The number of hydrogen-bond donors (Lipinski definition) is 0. The van der Waals surface area contributed by atoms with Crippen LogP contribution >= 0.6 is 11.8 Å². The van der Waals surface area contributed by atoms with E-state index >= 15 is 0 Å². The number of aryl methyl sites for hydroxylation is 1. The van der Waals surface area contributed by atoms with E-state index < -0.39 is 0 Å². The fraction of sp³-hybridized carbons (Fsp3) is 0.235. The number of benzene rings is 2. The molecule has 3 nitrogen and oxygen atoms in total. The van der Waals surface area contributed by atoms with Crippen LogP contribution in [0.3, 0.4) is 0 Å². The molecule has 0 saturated carbocycles. The predicted octanol–water partition coefficient (Wildman–Crippen LogP) is 4.15. The van der Waals surface area contributed by atoms with Crippen molar-refractivity contribution in [3.63, 3.8) is 0 Å². The van der Waals surface area contributed by atoms with E-state index in [0.29, 0.717) is 0 Å². The zero-order chi connectivity index (χ0) is 15.1. The van der Waals surface area contributed by atoms with Crippen molar-refractivity contribution in [2.24, 2.45) is 5.16 Å². The number of ether oxygens (including phenoxy) is 1. The molecule has 0 saturated heterocycles. The molecule has 0 spiro atoms. The smallest absolute Gasteiger partial charge is 0.118 e. The van der Waals surface area contributed by atoms with E-state index in [1.54, 1.807) is 26.0 Å². The van der Waals surface area contributed by atoms with Gasteiger partial charge in [-0.3, -0.25) is 0 Å². The van der Waals surface area contributed by atoms with Crippen molar-refractivity contribution in [2.45, 2.75) is 11.8 Å². The fourth-order valence-electron chi connectivity index (χ4n) is 1.84. The first-order valence-electron chi connectivity index (χ1n) is 6.67. The first-order valence-corrected chi connectivity index (χ1v) is 7.65. The van der Waals surface area contributed by atoms with E-state index in [0.717, 1.165) is 22.8 Å². The Balaban J connectivity index is 2.08. The van der Waals surface area contributed by atoms with Gasteiger partial charge < -0.3 is 9.57 Å². The molecule has 0 unspecified atom stereocenters. The van der Waals surface area contributed by atoms with Gasteiger partial charge in [-0.2, -0.15) is 0 Å². The Hall–Kier alpha value is -1.94. The molecule has 0 aromatic heterocycles. The van der Waals surface area contributed by atoms with E-state index in [1.807, 2.05) is 24.3 Å². The normalized spacial score (nSPS) is 11.3. The maximum Gasteiger partial charge on any atom is 0.118 e. The van der Waals surface area contributed by atoms with Crippen molar-refractivity contribution in [3.05, 3.63) is 59.7 Å². The minimum Gasteiger partial charge on any atom is -0.497 e. The first kappa shape index (κ1) is 15.4. The molecule has 0 bridgehead atoms. The Morgan fingerprint density at radius 2 is 1.67 bits per heavy atom. The minimum absolute atomic E-state index is 0.753. The van der Waals surface area contributed by atoms with Gasteiger partial charge in [0, 0.05) is 16.2 Å². The lowest BCUT2D eigenvalue weighted by atomic mass is 10.1. The van der Waals surface area contributed by atoms with Crippen LogP contribution in [0, 0.1) is 6.92 Å². The average molecular weight is 301 g/mol. The average Bonchev–Trinajstić information content (AvgIpc) is 2.53. The molecule has 0 aliphatic rings. The molecular weight excluding hydrogens is 282 g/mol. The Kier molecular flexibility index (Phi) is 5.69. The number of rotatable bonds is 6. The van der Waals surface area contributed by atoms with Crippen LogP contribution in [0.4, 0.5) is 0 Å². The summed E-state index contributed by atoms with van der Waals surface area (Å²) < 4.78 is 5.17. The summed E-state index contributed by atoms with van der Waals surface area (Å²) in [7, 11) is 3.23. The van der Waals surface area contributed by atoms with Crippen LogP contribution in [-0.2, 0) is 4.84 Å². The molecule has 0 heterocycles. The molecule has 0 atom stereocenters. The summed E-state index contributed by atoms with van der Waals surface area (Å²) in [6, 6.07) is 16.3. The molecule has 0 radical (unpaired) electrons. The summed E-state index contributed by atoms with van der Waals surface area (Å²) in [4.78, 5) is 6.19. The summed E-state index contributed by atoms with van der Waals surface area (Å²) in [6.07, 6.45) is 0. The van der Waals surface area contributed by atoms with Crippen LogP contribution in [0.1, 0.15) is 11.1 Å². The number of nitrogens with zero attached hydrogens (tertiary/aromatic N) is 1. The number of methoxy groups -OCH3 is 1. The van der Waals surface area contributed by atoms with Crippen LogP contribution in [0.15, 0.2) is 58.6 Å². The second-order valence-electron chi connectivity index (χ2n) is 4.55. The zero-order valence-corrected chi connectivity index (χ0v) is 13.3. The molecule has 0 aliphatic carbocycles. The van der Waals surface area contributed by atoms with Gasteiger partial charge in [-0.1, -0.05) is 22.9 Å². The van der Waals surface area contributed by atoms with E-state index in [9.17, 15) is 0 Å². The van der Waals surface area contributed by atoms with E-state index in [4.69, 9.17) is 9.57 Å². The summed E-state index contributed by atoms with van der Waals surface area (Å²) in [6.45, 7) is 2.09. The number of oxime groups is 1. The molecule has 110 valence electrons. The predicted molar refractivity (Wildman–Crippen MR) is 88.4 cm³/mol. The van der Waals surface area contributed by atoms with Crippen LogP contribution < -0.4 is 4.74 Å². The highest BCUT2D eigenvalue weighted by atomic mass is 32.2. The van der Waals surface area contributed by atoms with Gasteiger partial charge in [0.15, 0.2) is 0 Å². The monoisotopic (exact) mass is 301 g/mol. The van der Waals surface area contributed by atoms with Gasteiger partial charge in [0.2, 0.25) is 0 Å². The lowest BCUT2D eigenvalue weighted by molar-refractivity contribution is 0.213. The molecule has 2 aromatic carbocycles. The minimum atomic E-state index is 0.753. The Labute approximate surface area is 130 Å². The van der Waals surface area contributed by atoms with Gasteiger partial charge in [0.25, 0.3) is 0 Å². The molecule has 4 heteroatoms. The molecule has 21 heavy (non-hydrogen) atoms. The highest BCUT2D eigenvalue weighted by Gasteiger charge is 2.06. The van der Waals surface area contributed by atoms with Crippen molar-refractivity contribution in [1.29, 1.82) is 0 Å². The highest BCUT2D eigenvalue weighted by Crippen LogP contribution is 2.21. The maximum atomic E-state index is 5.17. The third-order valence-electron chi connectivity index (χ3n) is 3.02. The molecule has 2 rings (SSSR count). The lowest BCUT2D eigenvalue weighted by Gasteiger charge is -2.07. The number of thioether (sulfide) groups is 1. The molecule has 2 aromatic rings. The lowest BCUT2D eigenvalue weighted by Crippen LogP contribution is -2.05. The fourth-order valence-corrected chi connectivity index (χ4v) is 2.69. The summed E-state index contributed by atoms with van der Waals surface area (Å²) >= 11 is 1.74. The molecule has 0 N–H and O–H groups in total. The van der Waals surface area contributed by atoms with Gasteiger partial charge >= 0.3 is 0 Å². The highest BCUT2D eigenvalue weighted by molar-refractivity contribution is 8.00. The number of hydrogen-bond acceptors (Lipinski definition) is 4. The van der Waals surface area contributed by atoms with E-state index in [-0.39, 0.29) is 0 Å². The van der Waals surface area contributed by atoms with Crippen LogP contribution in [0.2, 0.25) is 0 Å². The summed E-state index contributed by atoms with van der Waals surface area (Å²) in [5.74, 6) is 1.59. The van der Waals surface area contributed by atoms with Gasteiger partial charge in [-0.25, -0.2) is 0 Å². The van der Waals surface area contributed by atoms with Crippen molar-refractivity contribution in [1.82, 2.24) is 0 Å². The maximum absolute atomic E-state index is 5.17. The third kappa shape index (κ3) is 4.53. The van der Waals surface area contributed by atoms with Crippen LogP contribution in [0.25, 0.3) is 0 Å². The molecule has 0 fully saturated rings. The van der Waals surface area contributed by atoms with Gasteiger partial charge in [0.05, 0.1) is 12.8 Å². The van der Waals surface area contributed by atoms with Gasteiger partial charge in [0.1, 0.15) is 12.9 Å². The Morgan fingerprint density at radius 1 is 1.00 bits per heavy atom. The van der Waals surface area contributed by atoms with Crippen LogP contribution in [-0.4, -0.2) is 25.7 Å². The standard InChI is InChI=1S/C17H19NO2S/c1-13-4-10-16(11-5-13)21-12-17(18-20-3)14-6-8-15(19-2)9-7-14/h4-11H,12H2,1-3H3/b18-17-. The largest absolute Gasteiger partial charge is 0.497 e. The van der Waals surface area contributed by atoms with Gasteiger partial charge in [-0.05, 0) is 43.3 Å².